The van der Waals surface area contributed by atoms with Gasteiger partial charge >= 0.3 is 0 Å². The van der Waals surface area contributed by atoms with Crippen LogP contribution < -0.4 is 11.1 Å². The Morgan fingerprint density at radius 1 is 1.11 bits per heavy atom. The Kier molecular flexibility index (Phi) is 4.18. The third-order valence-corrected chi connectivity index (χ3v) is 3.08. The number of carbonyl (C=O) groups is 1. The molecule has 98 valence electrons. The monoisotopic (exact) mass is 254 g/mol. The van der Waals surface area contributed by atoms with E-state index in [-0.39, 0.29) is 11.9 Å². The topological polar surface area (TPSA) is 55.1 Å². The molecule has 1 atom stereocenters. The summed E-state index contributed by atoms with van der Waals surface area (Å²) in [6, 6.07) is 17.3. The van der Waals surface area contributed by atoms with E-state index < -0.39 is 0 Å². The number of carbonyl (C=O) groups excluding carboxylic acids is 1. The Hall–Kier alpha value is -2.29. The standard InChI is InChI=1S/C16H18N2O/c1-12(13-7-3-2-4-8-13)18-16(19)11-14-9-5-6-10-15(14)17/h2-10,12H,11,17H2,1H3,(H,18,19)/t12-/m1/s1. The van der Waals surface area contributed by atoms with Gasteiger partial charge in [0, 0.05) is 5.69 Å². The second-order valence-corrected chi connectivity index (χ2v) is 4.58. The van der Waals surface area contributed by atoms with Gasteiger partial charge in [0.05, 0.1) is 12.5 Å². The van der Waals surface area contributed by atoms with Crippen LogP contribution in [0.5, 0.6) is 0 Å². The maximum atomic E-state index is 12.0. The lowest BCUT2D eigenvalue weighted by atomic mass is 10.1. The summed E-state index contributed by atoms with van der Waals surface area (Å²) in [6.45, 7) is 1.97. The van der Waals surface area contributed by atoms with E-state index in [9.17, 15) is 4.79 Å². The van der Waals surface area contributed by atoms with Gasteiger partial charge in [0.15, 0.2) is 0 Å². The molecule has 0 saturated heterocycles. The van der Waals surface area contributed by atoms with Crippen molar-refractivity contribution >= 4 is 11.6 Å². The number of nitrogens with two attached hydrogens (primary N) is 1. The number of rotatable bonds is 4. The zero-order chi connectivity index (χ0) is 13.7. The summed E-state index contributed by atoms with van der Waals surface area (Å²) < 4.78 is 0. The van der Waals surface area contributed by atoms with E-state index in [1.54, 1.807) is 0 Å². The summed E-state index contributed by atoms with van der Waals surface area (Å²) in [4.78, 5) is 12.0. The molecule has 0 aliphatic heterocycles. The Balaban J connectivity index is 1.97. The van der Waals surface area contributed by atoms with Crippen LogP contribution in [-0.4, -0.2) is 5.91 Å². The van der Waals surface area contributed by atoms with E-state index >= 15 is 0 Å². The normalized spacial score (nSPS) is 11.8. The molecule has 0 bridgehead atoms. The van der Waals surface area contributed by atoms with Crippen molar-refractivity contribution in [3.8, 4) is 0 Å². The van der Waals surface area contributed by atoms with E-state index in [1.165, 1.54) is 0 Å². The van der Waals surface area contributed by atoms with Crippen molar-refractivity contribution in [3.63, 3.8) is 0 Å². The molecular weight excluding hydrogens is 236 g/mol. The van der Waals surface area contributed by atoms with Crippen LogP contribution in [0.2, 0.25) is 0 Å². The SMILES string of the molecule is C[C@@H](NC(=O)Cc1ccccc1N)c1ccccc1. The minimum absolute atomic E-state index is 0.00126. The fourth-order valence-corrected chi connectivity index (χ4v) is 1.99. The van der Waals surface area contributed by atoms with Crippen LogP contribution in [0.25, 0.3) is 0 Å². The Labute approximate surface area is 113 Å². The lowest BCUT2D eigenvalue weighted by Gasteiger charge is -2.14. The predicted octanol–water partition coefficient (Wildman–Crippen LogP) is 2.69. The third-order valence-electron chi connectivity index (χ3n) is 3.08. The van der Waals surface area contributed by atoms with E-state index in [2.05, 4.69) is 5.32 Å². The number of para-hydroxylation sites is 1. The Bertz CT molecular complexity index is 552. The molecule has 2 rings (SSSR count). The minimum Gasteiger partial charge on any atom is -0.398 e. The number of hydrogen-bond donors (Lipinski definition) is 2. The molecule has 0 spiro atoms. The molecular formula is C16H18N2O. The van der Waals surface area contributed by atoms with Gasteiger partial charge in [-0.1, -0.05) is 48.5 Å². The average Bonchev–Trinajstić information content (AvgIpc) is 2.42. The maximum absolute atomic E-state index is 12.0. The number of hydrogen-bond acceptors (Lipinski definition) is 2. The zero-order valence-electron chi connectivity index (χ0n) is 11.0. The lowest BCUT2D eigenvalue weighted by Crippen LogP contribution is -2.28. The number of anilines is 1. The molecule has 2 aromatic rings. The molecule has 3 N–H and O–H groups in total. The van der Waals surface area contributed by atoms with Gasteiger partial charge in [0.25, 0.3) is 0 Å². The first-order valence-corrected chi connectivity index (χ1v) is 6.34. The van der Waals surface area contributed by atoms with Crippen LogP contribution in [0.4, 0.5) is 5.69 Å². The van der Waals surface area contributed by atoms with Gasteiger partial charge in [-0.2, -0.15) is 0 Å². The van der Waals surface area contributed by atoms with Crippen LogP contribution in [0.1, 0.15) is 24.1 Å². The lowest BCUT2D eigenvalue weighted by molar-refractivity contribution is -0.121. The van der Waals surface area contributed by atoms with Crippen molar-refractivity contribution in [1.29, 1.82) is 0 Å². The van der Waals surface area contributed by atoms with E-state index in [1.807, 2.05) is 61.5 Å². The highest BCUT2D eigenvalue weighted by Gasteiger charge is 2.10. The highest BCUT2D eigenvalue weighted by Crippen LogP contribution is 2.14. The van der Waals surface area contributed by atoms with Crippen LogP contribution >= 0.6 is 0 Å². The number of amides is 1. The Morgan fingerprint density at radius 2 is 1.74 bits per heavy atom. The van der Waals surface area contributed by atoms with Crippen molar-refractivity contribution in [1.82, 2.24) is 5.32 Å². The quantitative estimate of drug-likeness (QED) is 0.824. The van der Waals surface area contributed by atoms with Gasteiger partial charge in [-0.3, -0.25) is 4.79 Å². The molecule has 0 radical (unpaired) electrons. The van der Waals surface area contributed by atoms with Gasteiger partial charge in [-0.25, -0.2) is 0 Å². The first kappa shape index (κ1) is 13.1. The fourth-order valence-electron chi connectivity index (χ4n) is 1.99. The van der Waals surface area contributed by atoms with Gasteiger partial charge in [-0.15, -0.1) is 0 Å². The second kappa shape index (κ2) is 6.05. The molecule has 1 amide bonds. The van der Waals surface area contributed by atoms with Crippen molar-refractivity contribution in [2.45, 2.75) is 19.4 Å². The molecule has 0 aliphatic carbocycles. The number of nitrogens with one attached hydrogen (secondary N) is 1. The molecule has 2 aromatic carbocycles. The first-order valence-electron chi connectivity index (χ1n) is 6.34. The van der Waals surface area contributed by atoms with E-state index in [4.69, 9.17) is 5.73 Å². The average molecular weight is 254 g/mol. The van der Waals surface area contributed by atoms with E-state index in [0.29, 0.717) is 12.1 Å². The van der Waals surface area contributed by atoms with Crippen LogP contribution in [-0.2, 0) is 11.2 Å². The molecule has 0 saturated carbocycles. The minimum atomic E-state index is -0.0192. The summed E-state index contributed by atoms with van der Waals surface area (Å²) in [7, 11) is 0. The largest absolute Gasteiger partial charge is 0.398 e. The molecule has 3 nitrogen and oxygen atoms in total. The first-order chi connectivity index (χ1) is 9.16. The Morgan fingerprint density at radius 3 is 2.42 bits per heavy atom. The molecule has 0 unspecified atom stereocenters. The zero-order valence-corrected chi connectivity index (χ0v) is 11.0. The van der Waals surface area contributed by atoms with Crippen molar-refractivity contribution in [3.05, 3.63) is 65.7 Å². The van der Waals surface area contributed by atoms with Gasteiger partial charge in [0.2, 0.25) is 5.91 Å². The summed E-state index contributed by atoms with van der Waals surface area (Å²) >= 11 is 0. The summed E-state index contributed by atoms with van der Waals surface area (Å²) in [5.74, 6) is -0.0192. The maximum Gasteiger partial charge on any atom is 0.224 e. The van der Waals surface area contributed by atoms with Crippen molar-refractivity contribution in [2.75, 3.05) is 5.73 Å². The second-order valence-electron chi connectivity index (χ2n) is 4.58. The van der Waals surface area contributed by atoms with Crippen LogP contribution in [0, 0.1) is 0 Å². The van der Waals surface area contributed by atoms with E-state index in [0.717, 1.165) is 11.1 Å². The smallest absolute Gasteiger partial charge is 0.224 e. The van der Waals surface area contributed by atoms with Crippen LogP contribution in [0.15, 0.2) is 54.6 Å². The molecule has 0 fully saturated rings. The van der Waals surface area contributed by atoms with Crippen LogP contribution in [0.3, 0.4) is 0 Å². The summed E-state index contributed by atoms with van der Waals surface area (Å²) in [5, 5.41) is 2.98. The summed E-state index contributed by atoms with van der Waals surface area (Å²) in [6.07, 6.45) is 0.309. The van der Waals surface area contributed by atoms with Crippen molar-refractivity contribution < 1.29 is 4.79 Å². The third kappa shape index (κ3) is 3.58. The van der Waals surface area contributed by atoms with Gasteiger partial charge in [-0.05, 0) is 24.1 Å². The molecule has 19 heavy (non-hydrogen) atoms. The predicted molar refractivity (Wildman–Crippen MR) is 77.6 cm³/mol. The molecule has 0 aliphatic rings. The van der Waals surface area contributed by atoms with Gasteiger partial charge in [0.1, 0.15) is 0 Å². The highest BCUT2D eigenvalue weighted by molar-refractivity contribution is 5.80. The summed E-state index contributed by atoms with van der Waals surface area (Å²) in [5.41, 5.74) is 8.44. The van der Waals surface area contributed by atoms with Crippen molar-refractivity contribution in [2.24, 2.45) is 0 Å². The number of nitrogen functional groups attached to an aromatic ring is 1. The molecule has 0 aromatic heterocycles. The fraction of sp³-hybridized carbons (Fsp3) is 0.188. The highest BCUT2D eigenvalue weighted by atomic mass is 16.1. The molecule has 3 heteroatoms. The molecule has 0 heterocycles. The number of benzene rings is 2. The van der Waals surface area contributed by atoms with Gasteiger partial charge < -0.3 is 11.1 Å².